The normalized spacial score (nSPS) is 10.3. The number of carbonyl (C=O) groups excluding carboxylic acids is 1. The number of rotatable bonds is 5. The van der Waals surface area contributed by atoms with E-state index in [1.807, 2.05) is 6.07 Å². The van der Waals surface area contributed by atoms with Gasteiger partial charge in [-0.2, -0.15) is 0 Å². The van der Waals surface area contributed by atoms with Gasteiger partial charge < -0.3 is 15.1 Å². The van der Waals surface area contributed by atoms with E-state index >= 15 is 0 Å². The largest absolute Gasteiger partial charge is 0.467 e. The highest BCUT2D eigenvalue weighted by Gasteiger charge is 2.11. The maximum Gasteiger partial charge on any atom is 0.274 e. The fraction of sp³-hybridized carbons (Fsp3) is 0.0625. The van der Waals surface area contributed by atoms with Gasteiger partial charge in [0.2, 0.25) is 0 Å². The average Bonchev–Trinajstić information content (AvgIpc) is 3.09. The molecule has 0 aliphatic heterocycles. The summed E-state index contributed by atoms with van der Waals surface area (Å²) in [6, 6.07) is 12.2. The van der Waals surface area contributed by atoms with Crippen molar-refractivity contribution in [3.8, 4) is 0 Å². The zero-order valence-corrected chi connectivity index (χ0v) is 12.7. The topological polar surface area (TPSA) is 80.0 Å². The van der Waals surface area contributed by atoms with Gasteiger partial charge in [0.1, 0.15) is 23.6 Å². The van der Waals surface area contributed by atoms with Crippen molar-refractivity contribution in [2.24, 2.45) is 0 Å². The first-order valence-electron chi connectivity index (χ1n) is 6.86. The molecule has 2 N–H and O–H groups in total. The lowest BCUT2D eigenvalue weighted by Crippen LogP contribution is -2.15. The van der Waals surface area contributed by atoms with Crippen LogP contribution in [0.2, 0.25) is 5.02 Å². The van der Waals surface area contributed by atoms with Gasteiger partial charge in [0.15, 0.2) is 0 Å². The fourth-order valence-corrected chi connectivity index (χ4v) is 2.10. The maximum atomic E-state index is 12.2. The average molecular weight is 329 g/mol. The molecule has 6 nitrogen and oxygen atoms in total. The smallest absolute Gasteiger partial charge is 0.274 e. The number of aromatic nitrogens is 2. The van der Waals surface area contributed by atoms with E-state index in [0.717, 1.165) is 5.76 Å². The van der Waals surface area contributed by atoms with Gasteiger partial charge >= 0.3 is 0 Å². The molecule has 2 heterocycles. The molecule has 0 saturated heterocycles. The summed E-state index contributed by atoms with van der Waals surface area (Å²) < 4.78 is 5.23. The SMILES string of the molecule is O=C(Nc1ccccc1Cl)c1cc(NCc2ccco2)ncn1. The van der Waals surface area contributed by atoms with E-state index in [1.165, 1.54) is 6.33 Å². The number of amides is 1. The second-order valence-corrected chi connectivity index (χ2v) is 5.06. The Balaban J connectivity index is 1.69. The molecular formula is C16H13ClN4O2. The Kier molecular flexibility index (Phi) is 4.54. The molecule has 0 fully saturated rings. The van der Waals surface area contributed by atoms with E-state index < -0.39 is 0 Å². The molecule has 1 aromatic carbocycles. The number of carbonyl (C=O) groups is 1. The van der Waals surface area contributed by atoms with Crippen LogP contribution in [0.15, 0.2) is 59.5 Å². The Labute approximate surface area is 137 Å². The minimum absolute atomic E-state index is 0.238. The lowest BCUT2D eigenvalue weighted by molar-refractivity contribution is 0.102. The minimum atomic E-state index is -0.360. The molecule has 0 bridgehead atoms. The molecule has 0 saturated carbocycles. The van der Waals surface area contributed by atoms with E-state index in [4.69, 9.17) is 16.0 Å². The first kappa shape index (κ1) is 15.1. The van der Waals surface area contributed by atoms with Gasteiger partial charge in [-0.05, 0) is 24.3 Å². The third kappa shape index (κ3) is 3.87. The van der Waals surface area contributed by atoms with Crippen LogP contribution in [0.5, 0.6) is 0 Å². The number of benzene rings is 1. The first-order valence-corrected chi connectivity index (χ1v) is 7.24. The highest BCUT2D eigenvalue weighted by Crippen LogP contribution is 2.21. The van der Waals surface area contributed by atoms with Crippen molar-refractivity contribution >= 4 is 29.0 Å². The van der Waals surface area contributed by atoms with Crippen molar-refractivity contribution in [2.75, 3.05) is 10.6 Å². The number of nitrogens with one attached hydrogen (secondary N) is 2. The summed E-state index contributed by atoms with van der Waals surface area (Å²) in [5.74, 6) is 0.938. The highest BCUT2D eigenvalue weighted by atomic mass is 35.5. The zero-order valence-electron chi connectivity index (χ0n) is 12.0. The van der Waals surface area contributed by atoms with E-state index in [-0.39, 0.29) is 11.6 Å². The molecule has 23 heavy (non-hydrogen) atoms. The van der Waals surface area contributed by atoms with Crippen LogP contribution in [0.25, 0.3) is 0 Å². The molecular weight excluding hydrogens is 316 g/mol. The van der Waals surface area contributed by atoms with Crippen LogP contribution in [0, 0.1) is 0 Å². The Morgan fingerprint density at radius 1 is 1.17 bits per heavy atom. The van der Waals surface area contributed by atoms with Gasteiger partial charge in [-0.3, -0.25) is 4.79 Å². The second kappa shape index (κ2) is 6.93. The fourth-order valence-electron chi connectivity index (χ4n) is 1.92. The van der Waals surface area contributed by atoms with Crippen LogP contribution < -0.4 is 10.6 Å². The van der Waals surface area contributed by atoms with Gasteiger partial charge in [0.05, 0.1) is 23.5 Å². The van der Waals surface area contributed by atoms with Crippen molar-refractivity contribution < 1.29 is 9.21 Å². The molecule has 7 heteroatoms. The minimum Gasteiger partial charge on any atom is -0.467 e. The number of halogens is 1. The monoisotopic (exact) mass is 328 g/mol. The summed E-state index contributed by atoms with van der Waals surface area (Å²) in [6.45, 7) is 0.468. The molecule has 116 valence electrons. The summed E-state index contributed by atoms with van der Waals surface area (Å²) in [4.78, 5) is 20.3. The third-order valence-electron chi connectivity index (χ3n) is 3.05. The lowest BCUT2D eigenvalue weighted by atomic mass is 10.3. The quantitative estimate of drug-likeness (QED) is 0.748. The third-order valence-corrected chi connectivity index (χ3v) is 3.38. The summed E-state index contributed by atoms with van der Waals surface area (Å²) in [5, 5.41) is 6.25. The molecule has 0 spiro atoms. The van der Waals surface area contributed by atoms with Crippen LogP contribution in [0.3, 0.4) is 0 Å². The highest BCUT2D eigenvalue weighted by molar-refractivity contribution is 6.33. The molecule has 3 rings (SSSR count). The second-order valence-electron chi connectivity index (χ2n) is 4.66. The number of furan rings is 1. The molecule has 1 amide bonds. The Bertz CT molecular complexity index is 805. The maximum absolute atomic E-state index is 12.2. The van der Waals surface area contributed by atoms with Crippen molar-refractivity contribution in [1.29, 1.82) is 0 Å². The zero-order chi connectivity index (χ0) is 16.1. The van der Waals surface area contributed by atoms with E-state index in [1.54, 1.807) is 42.7 Å². The van der Waals surface area contributed by atoms with E-state index in [2.05, 4.69) is 20.6 Å². The molecule has 2 aromatic heterocycles. The lowest BCUT2D eigenvalue weighted by Gasteiger charge is -2.08. The van der Waals surface area contributed by atoms with Crippen LogP contribution in [0.4, 0.5) is 11.5 Å². The Morgan fingerprint density at radius 2 is 2.04 bits per heavy atom. The summed E-state index contributed by atoms with van der Waals surface area (Å²) in [6.07, 6.45) is 2.92. The molecule has 0 atom stereocenters. The van der Waals surface area contributed by atoms with Gasteiger partial charge in [0, 0.05) is 6.07 Å². The molecule has 0 aliphatic rings. The van der Waals surface area contributed by atoms with E-state index in [9.17, 15) is 4.79 Å². The standard InChI is InChI=1S/C16H13ClN4O2/c17-12-5-1-2-6-13(12)21-16(22)14-8-15(20-10-19-14)18-9-11-4-3-7-23-11/h1-8,10H,9H2,(H,21,22)(H,18,19,20). The summed E-state index contributed by atoms with van der Waals surface area (Å²) in [5.41, 5.74) is 0.768. The number of anilines is 2. The Hall–Kier alpha value is -2.86. The van der Waals surface area contributed by atoms with Crippen molar-refractivity contribution in [3.05, 3.63) is 71.5 Å². The molecule has 0 unspecified atom stereocenters. The molecule has 3 aromatic rings. The van der Waals surface area contributed by atoms with Crippen LogP contribution in [-0.2, 0) is 6.54 Å². The Morgan fingerprint density at radius 3 is 2.83 bits per heavy atom. The number of hydrogen-bond acceptors (Lipinski definition) is 5. The summed E-state index contributed by atoms with van der Waals surface area (Å²) >= 11 is 6.02. The molecule has 0 radical (unpaired) electrons. The summed E-state index contributed by atoms with van der Waals surface area (Å²) in [7, 11) is 0. The number of para-hydroxylation sites is 1. The number of hydrogen-bond donors (Lipinski definition) is 2. The van der Waals surface area contributed by atoms with E-state index in [0.29, 0.717) is 23.1 Å². The molecule has 0 aliphatic carbocycles. The van der Waals surface area contributed by atoms with Crippen LogP contribution in [0.1, 0.15) is 16.2 Å². The van der Waals surface area contributed by atoms with Gasteiger partial charge in [-0.25, -0.2) is 9.97 Å². The van der Waals surface area contributed by atoms with Crippen LogP contribution in [-0.4, -0.2) is 15.9 Å². The predicted octanol–water partition coefficient (Wildman–Crippen LogP) is 3.59. The van der Waals surface area contributed by atoms with Gasteiger partial charge in [0.25, 0.3) is 5.91 Å². The van der Waals surface area contributed by atoms with Gasteiger partial charge in [-0.1, -0.05) is 23.7 Å². The van der Waals surface area contributed by atoms with Crippen molar-refractivity contribution in [3.63, 3.8) is 0 Å². The van der Waals surface area contributed by atoms with Crippen molar-refractivity contribution in [2.45, 2.75) is 6.54 Å². The number of nitrogens with zero attached hydrogens (tertiary/aromatic N) is 2. The predicted molar refractivity (Wildman–Crippen MR) is 87.5 cm³/mol. The van der Waals surface area contributed by atoms with Crippen molar-refractivity contribution in [1.82, 2.24) is 9.97 Å². The van der Waals surface area contributed by atoms with Gasteiger partial charge in [-0.15, -0.1) is 0 Å². The van der Waals surface area contributed by atoms with Crippen LogP contribution >= 0.6 is 11.6 Å². The first-order chi connectivity index (χ1) is 11.2.